The van der Waals surface area contributed by atoms with Crippen molar-refractivity contribution in [3.8, 4) is 0 Å². The number of nitrogens with zero attached hydrogens (tertiary/aromatic N) is 2. The second-order valence-corrected chi connectivity index (χ2v) is 4.82. The highest BCUT2D eigenvalue weighted by atomic mass is 19.4. The van der Waals surface area contributed by atoms with Crippen molar-refractivity contribution in [3.63, 3.8) is 0 Å². The van der Waals surface area contributed by atoms with Gasteiger partial charge >= 0.3 is 6.18 Å². The molecule has 0 radical (unpaired) electrons. The summed E-state index contributed by atoms with van der Waals surface area (Å²) in [5.41, 5.74) is -0.869. The number of aromatic nitrogens is 1. The van der Waals surface area contributed by atoms with Gasteiger partial charge in [0.05, 0.1) is 11.6 Å². The van der Waals surface area contributed by atoms with Gasteiger partial charge < -0.3 is 5.32 Å². The van der Waals surface area contributed by atoms with Crippen LogP contribution < -0.4 is 5.32 Å². The van der Waals surface area contributed by atoms with Gasteiger partial charge in [-0.2, -0.15) is 13.2 Å². The van der Waals surface area contributed by atoms with Gasteiger partial charge in [0.2, 0.25) is 0 Å². The third-order valence-corrected chi connectivity index (χ3v) is 3.38. The molecule has 112 valence electrons. The summed E-state index contributed by atoms with van der Waals surface area (Å²) in [6, 6.07) is 1.02. The molecule has 1 aliphatic rings. The number of rotatable bonds is 3. The number of alkyl halides is 5. The van der Waals surface area contributed by atoms with E-state index in [1.54, 1.807) is 7.05 Å². The summed E-state index contributed by atoms with van der Waals surface area (Å²) in [7, 11) is 1.59. The van der Waals surface area contributed by atoms with Gasteiger partial charge in [-0.15, -0.1) is 0 Å². The van der Waals surface area contributed by atoms with E-state index in [4.69, 9.17) is 0 Å². The van der Waals surface area contributed by atoms with E-state index in [1.807, 2.05) is 0 Å². The normalized spacial score (nSPS) is 23.0. The third kappa shape index (κ3) is 3.17. The first-order chi connectivity index (χ1) is 9.20. The van der Waals surface area contributed by atoms with Gasteiger partial charge in [0.1, 0.15) is 5.82 Å². The van der Waals surface area contributed by atoms with E-state index in [1.165, 1.54) is 4.90 Å². The van der Waals surface area contributed by atoms with Gasteiger partial charge in [0.25, 0.3) is 5.92 Å². The molecule has 2 rings (SSSR count). The Labute approximate surface area is 112 Å². The van der Waals surface area contributed by atoms with E-state index in [9.17, 15) is 22.0 Å². The molecule has 2 heterocycles. The van der Waals surface area contributed by atoms with Crippen LogP contribution in [0.25, 0.3) is 0 Å². The van der Waals surface area contributed by atoms with Crippen molar-refractivity contribution in [2.45, 2.75) is 24.6 Å². The lowest BCUT2D eigenvalue weighted by molar-refractivity contribution is -0.137. The first-order valence-electron chi connectivity index (χ1n) is 6.05. The Morgan fingerprint density at radius 2 is 2.10 bits per heavy atom. The second-order valence-electron chi connectivity index (χ2n) is 4.82. The maximum atomic E-state index is 13.5. The van der Waals surface area contributed by atoms with Gasteiger partial charge in [0, 0.05) is 25.7 Å². The van der Waals surface area contributed by atoms with E-state index in [0.717, 1.165) is 12.1 Å². The fraction of sp³-hybridized carbons (Fsp3) is 0.583. The molecule has 20 heavy (non-hydrogen) atoms. The van der Waals surface area contributed by atoms with Crippen LogP contribution in [0, 0.1) is 0 Å². The number of halogens is 5. The number of anilines is 1. The number of nitrogens with one attached hydrogen (secondary N) is 1. The number of hydrogen-bond acceptors (Lipinski definition) is 3. The average Bonchev–Trinajstić information content (AvgIpc) is 2.61. The zero-order valence-electron chi connectivity index (χ0n) is 10.7. The monoisotopic (exact) mass is 295 g/mol. The van der Waals surface area contributed by atoms with Crippen LogP contribution in [0.4, 0.5) is 27.8 Å². The Morgan fingerprint density at radius 1 is 1.40 bits per heavy atom. The number of hydrogen-bond donors (Lipinski definition) is 1. The Morgan fingerprint density at radius 3 is 2.55 bits per heavy atom. The Kier molecular flexibility index (Phi) is 3.86. The van der Waals surface area contributed by atoms with Crippen LogP contribution in [0.5, 0.6) is 0 Å². The highest BCUT2D eigenvalue weighted by Crippen LogP contribution is 2.33. The van der Waals surface area contributed by atoms with Crippen molar-refractivity contribution in [1.29, 1.82) is 0 Å². The highest BCUT2D eigenvalue weighted by molar-refractivity contribution is 5.36. The zero-order chi connectivity index (χ0) is 15.0. The van der Waals surface area contributed by atoms with E-state index in [2.05, 4.69) is 10.3 Å². The molecule has 1 unspecified atom stereocenters. The molecule has 1 aromatic rings. The van der Waals surface area contributed by atoms with Crippen LogP contribution in [0.3, 0.4) is 0 Å². The summed E-state index contributed by atoms with van der Waals surface area (Å²) in [4.78, 5) is 5.11. The molecule has 0 amide bonds. The quantitative estimate of drug-likeness (QED) is 0.869. The van der Waals surface area contributed by atoms with E-state index < -0.39 is 23.7 Å². The van der Waals surface area contributed by atoms with Crippen molar-refractivity contribution in [2.24, 2.45) is 0 Å². The van der Waals surface area contributed by atoms with Crippen molar-refractivity contribution in [3.05, 3.63) is 23.9 Å². The summed E-state index contributed by atoms with van der Waals surface area (Å²) in [5.74, 6) is -2.65. The second kappa shape index (κ2) is 5.16. The fourth-order valence-corrected chi connectivity index (χ4v) is 2.14. The van der Waals surface area contributed by atoms with Crippen LogP contribution in [0.1, 0.15) is 12.0 Å². The topological polar surface area (TPSA) is 28.2 Å². The maximum Gasteiger partial charge on any atom is 0.417 e. The first kappa shape index (κ1) is 15.0. The summed E-state index contributed by atoms with van der Waals surface area (Å²) < 4.78 is 64.1. The Bertz CT molecular complexity index is 457. The summed E-state index contributed by atoms with van der Waals surface area (Å²) >= 11 is 0. The average molecular weight is 295 g/mol. The molecule has 8 heteroatoms. The third-order valence-electron chi connectivity index (χ3n) is 3.38. The van der Waals surface area contributed by atoms with Crippen LogP contribution in [0.15, 0.2) is 18.3 Å². The molecule has 0 saturated carbocycles. The van der Waals surface area contributed by atoms with E-state index >= 15 is 0 Å². The van der Waals surface area contributed by atoms with Gasteiger partial charge in [-0.1, -0.05) is 0 Å². The predicted molar refractivity (Wildman–Crippen MR) is 63.7 cm³/mol. The van der Waals surface area contributed by atoms with E-state index in [0.29, 0.717) is 12.7 Å². The molecule has 1 saturated heterocycles. The zero-order valence-corrected chi connectivity index (χ0v) is 10.7. The molecular formula is C12H14F5N3. The molecule has 3 nitrogen and oxygen atoms in total. The van der Waals surface area contributed by atoms with Gasteiger partial charge in [0.15, 0.2) is 0 Å². The van der Waals surface area contributed by atoms with Crippen LogP contribution in [0.2, 0.25) is 0 Å². The van der Waals surface area contributed by atoms with Gasteiger partial charge in [-0.3, -0.25) is 4.90 Å². The van der Waals surface area contributed by atoms with Crippen molar-refractivity contribution >= 4 is 5.82 Å². The lowest BCUT2D eigenvalue weighted by Crippen LogP contribution is -2.42. The lowest BCUT2D eigenvalue weighted by atomic mass is 10.1. The summed E-state index contributed by atoms with van der Waals surface area (Å²) in [6.07, 6.45) is -3.99. The lowest BCUT2D eigenvalue weighted by Gasteiger charge is -2.24. The smallest absolute Gasteiger partial charge is 0.368 e. The van der Waals surface area contributed by atoms with Crippen molar-refractivity contribution in [1.82, 2.24) is 9.88 Å². The Hall–Kier alpha value is -1.44. The predicted octanol–water partition coefficient (Wildman–Crippen LogP) is 2.85. The molecule has 1 aliphatic heterocycles. The van der Waals surface area contributed by atoms with Gasteiger partial charge in [-0.25, -0.2) is 13.8 Å². The first-order valence-corrected chi connectivity index (χ1v) is 6.05. The van der Waals surface area contributed by atoms with Crippen LogP contribution >= 0.6 is 0 Å². The molecular weight excluding hydrogens is 281 g/mol. The minimum atomic E-state index is -4.45. The highest BCUT2D eigenvalue weighted by Gasteiger charge is 2.47. The number of pyridine rings is 1. The molecule has 1 fully saturated rings. The molecule has 1 aromatic heterocycles. The minimum absolute atomic E-state index is 0.0676. The van der Waals surface area contributed by atoms with E-state index in [-0.39, 0.29) is 18.8 Å². The van der Waals surface area contributed by atoms with Crippen LogP contribution in [-0.4, -0.2) is 42.0 Å². The standard InChI is InChI=1S/C12H14F5N3/c1-20-5-4-11(13,14)9(20)7-19-10-3-2-8(6-18-10)12(15,16)17/h2-3,6,9H,4-5,7H2,1H3,(H,18,19). The van der Waals surface area contributed by atoms with Gasteiger partial charge in [-0.05, 0) is 19.2 Å². The molecule has 0 aromatic carbocycles. The SMILES string of the molecule is CN1CCC(F)(F)C1CNc1ccc(C(F)(F)F)cn1. The summed E-state index contributed by atoms with van der Waals surface area (Å²) in [6.45, 7) is 0.224. The molecule has 0 spiro atoms. The largest absolute Gasteiger partial charge is 0.417 e. The van der Waals surface area contributed by atoms with Crippen molar-refractivity contribution in [2.75, 3.05) is 25.5 Å². The number of likely N-dealkylation sites (N-methyl/N-ethyl adjacent to an activating group) is 1. The molecule has 0 bridgehead atoms. The molecule has 1 atom stereocenters. The van der Waals surface area contributed by atoms with Crippen LogP contribution in [-0.2, 0) is 6.18 Å². The maximum absolute atomic E-state index is 13.5. The summed E-state index contributed by atoms with van der Waals surface area (Å²) in [5, 5.41) is 2.65. The number of likely N-dealkylation sites (tertiary alicyclic amines) is 1. The molecule has 0 aliphatic carbocycles. The minimum Gasteiger partial charge on any atom is -0.368 e. The fourth-order valence-electron chi connectivity index (χ4n) is 2.14. The Balaban J connectivity index is 1.98. The van der Waals surface area contributed by atoms with Crippen molar-refractivity contribution < 1.29 is 22.0 Å². The molecule has 1 N–H and O–H groups in total.